The number of carbonyl (C=O) groups is 4. The van der Waals surface area contributed by atoms with E-state index in [1.165, 1.54) is 0 Å². The molecule has 0 bridgehead atoms. The summed E-state index contributed by atoms with van der Waals surface area (Å²) >= 11 is 0. The molecule has 9 heteroatoms. The maximum Gasteiger partial charge on any atom is 0.350 e. The lowest BCUT2D eigenvalue weighted by atomic mass is 9.99. The molecule has 0 fully saturated rings. The highest BCUT2D eigenvalue weighted by molar-refractivity contribution is 6.23. The lowest BCUT2D eigenvalue weighted by molar-refractivity contribution is -0.178. The first-order valence-corrected chi connectivity index (χ1v) is 9.74. The molecule has 0 heterocycles. The summed E-state index contributed by atoms with van der Waals surface area (Å²) in [5.41, 5.74) is -2.58. The highest BCUT2D eigenvalue weighted by Crippen LogP contribution is 2.16. The third-order valence-electron chi connectivity index (χ3n) is 3.84. The minimum absolute atomic E-state index is 0.0153. The van der Waals surface area contributed by atoms with Gasteiger partial charge in [0.25, 0.3) is 0 Å². The summed E-state index contributed by atoms with van der Waals surface area (Å²) in [7, 11) is 1.14. The summed E-state index contributed by atoms with van der Waals surface area (Å²) in [4.78, 5) is 49.8. The van der Waals surface area contributed by atoms with Gasteiger partial charge in [-0.25, -0.2) is 14.4 Å². The van der Waals surface area contributed by atoms with Crippen LogP contribution in [-0.2, 0) is 38.1 Å². The highest BCUT2D eigenvalue weighted by Gasteiger charge is 2.58. The van der Waals surface area contributed by atoms with Crippen molar-refractivity contribution in [1.82, 2.24) is 5.32 Å². The minimum Gasteiger partial charge on any atom is -0.468 e. The Kier molecular flexibility index (Phi) is 13.7. The molecule has 0 aromatic heterocycles. The molecule has 0 aromatic carbocycles. The molecule has 1 N–H and O–H groups in total. The number of hydrogen-bond acceptors (Lipinski definition) is 9. The summed E-state index contributed by atoms with van der Waals surface area (Å²) in [6, 6.07) is 0. The molecule has 0 spiro atoms. The number of methoxy groups -OCH3 is 1. The van der Waals surface area contributed by atoms with E-state index in [-0.39, 0.29) is 19.8 Å². The van der Waals surface area contributed by atoms with E-state index < -0.39 is 36.0 Å². The zero-order valence-corrected chi connectivity index (χ0v) is 17.3. The molecule has 0 aliphatic heterocycles. The monoisotopic (exact) mass is 403 g/mol. The third-order valence-corrected chi connectivity index (χ3v) is 3.84. The molecular weight excluding hydrogens is 370 g/mol. The topological polar surface area (TPSA) is 117 Å². The van der Waals surface area contributed by atoms with E-state index in [0.717, 1.165) is 26.4 Å². The predicted octanol–water partition coefficient (Wildman–Crippen LogP) is 1.52. The zero-order chi connectivity index (χ0) is 21.4. The van der Waals surface area contributed by atoms with Gasteiger partial charge in [-0.15, -0.1) is 0 Å². The Labute approximate surface area is 166 Å². The normalized spacial score (nSPS) is 10.9. The summed E-state index contributed by atoms with van der Waals surface area (Å²) < 4.78 is 19.9. The predicted molar refractivity (Wildman–Crippen MR) is 100 cm³/mol. The molecule has 0 saturated heterocycles. The Morgan fingerprint density at radius 2 is 1.07 bits per heavy atom. The Balaban J connectivity index is 5.70. The average Bonchev–Trinajstić information content (AvgIpc) is 2.68. The molecule has 0 amide bonds. The fraction of sp³-hybridized carbons (Fsp3) is 0.789. The number of unbranched alkanes of at least 4 members (excludes halogenated alkanes) is 3. The van der Waals surface area contributed by atoms with Crippen molar-refractivity contribution in [3.8, 4) is 0 Å². The van der Waals surface area contributed by atoms with Crippen molar-refractivity contribution in [1.29, 1.82) is 0 Å². The highest BCUT2D eigenvalue weighted by atomic mass is 16.6. The van der Waals surface area contributed by atoms with Gasteiger partial charge in [0.15, 0.2) is 0 Å². The molecule has 0 atom stereocenters. The lowest BCUT2D eigenvalue weighted by Gasteiger charge is -2.28. The fourth-order valence-corrected chi connectivity index (χ4v) is 2.00. The largest absolute Gasteiger partial charge is 0.468 e. The van der Waals surface area contributed by atoms with Crippen molar-refractivity contribution >= 4 is 23.9 Å². The summed E-state index contributed by atoms with van der Waals surface area (Å²) in [5.74, 6) is -4.25. The van der Waals surface area contributed by atoms with Crippen LogP contribution in [-0.4, -0.2) is 62.9 Å². The van der Waals surface area contributed by atoms with E-state index in [2.05, 4.69) is 10.1 Å². The Morgan fingerprint density at radius 1 is 0.714 bits per heavy atom. The van der Waals surface area contributed by atoms with Gasteiger partial charge in [0, 0.05) is 0 Å². The van der Waals surface area contributed by atoms with Crippen LogP contribution in [0, 0.1) is 0 Å². The van der Waals surface area contributed by atoms with Gasteiger partial charge in [-0.3, -0.25) is 10.1 Å². The standard InChI is InChI=1S/C19H33NO8/c1-5-8-11-26-16(22)19(20-14-15(21)25-4,17(23)27-12-9-6-2)18(24)28-13-10-7-3/h20H,5-14H2,1-4H3. The molecule has 162 valence electrons. The minimum atomic E-state index is -2.58. The maximum atomic E-state index is 12.8. The first kappa shape index (κ1) is 25.8. The molecule has 0 radical (unpaired) electrons. The molecule has 9 nitrogen and oxygen atoms in total. The second-order valence-corrected chi connectivity index (χ2v) is 6.15. The number of hydrogen-bond donors (Lipinski definition) is 1. The van der Waals surface area contributed by atoms with Gasteiger partial charge in [-0.05, 0) is 19.3 Å². The number of esters is 4. The van der Waals surface area contributed by atoms with E-state index in [1.807, 2.05) is 20.8 Å². The third kappa shape index (κ3) is 8.24. The van der Waals surface area contributed by atoms with Gasteiger partial charge in [-0.2, -0.15) is 0 Å². The van der Waals surface area contributed by atoms with Crippen LogP contribution in [0.5, 0.6) is 0 Å². The van der Waals surface area contributed by atoms with E-state index in [1.54, 1.807) is 0 Å². The molecule has 0 aliphatic carbocycles. The van der Waals surface area contributed by atoms with E-state index in [0.29, 0.717) is 19.3 Å². The van der Waals surface area contributed by atoms with Gasteiger partial charge < -0.3 is 18.9 Å². The quantitative estimate of drug-likeness (QED) is 0.188. The van der Waals surface area contributed by atoms with Crippen LogP contribution in [0.3, 0.4) is 0 Å². The van der Waals surface area contributed by atoms with Crippen molar-refractivity contribution in [2.45, 2.75) is 64.8 Å². The SMILES string of the molecule is CCCCOC(=O)C(NCC(=O)OC)(C(=O)OCCCC)C(=O)OCCCC. The number of carbonyl (C=O) groups excluding carboxylic acids is 4. The van der Waals surface area contributed by atoms with Gasteiger partial charge in [0.2, 0.25) is 0 Å². The van der Waals surface area contributed by atoms with Crippen LogP contribution in [0.2, 0.25) is 0 Å². The molecular formula is C19H33NO8. The van der Waals surface area contributed by atoms with E-state index in [9.17, 15) is 19.2 Å². The molecule has 0 unspecified atom stereocenters. The van der Waals surface area contributed by atoms with Gasteiger partial charge in [0.1, 0.15) is 0 Å². The number of rotatable bonds is 15. The smallest absolute Gasteiger partial charge is 0.350 e. The first-order valence-electron chi connectivity index (χ1n) is 9.74. The van der Waals surface area contributed by atoms with Crippen LogP contribution < -0.4 is 5.32 Å². The molecule has 0 aromatic rings. The van der Waals surface area contributed by atoms with Crippen LogP contribution in [0.25, 0.3) is 0 Å². The average molecular weight is 403 g/mol. The molecule has 28 heavy (non-hydrogen) atoms. The van der Waals surface area contributed by atoms with Gasteiger partial charge in [0.05, 0.1) is 33.5 Å². The molecule has 0 saturated carbocycles. The van der Waals surface area contributed by atoms with Crippen molar-refractivity contribution in [3.05, 3.63) is 0 Å². The maximum absolute atomic E-state index is 12.8. The van der Waals surface area contributed by atoms with Crippen molar-refractivity contribution in [2.75, 3.05) is 33.5 Å². The summed E-state index contributed by atoms with van der Waals surface area (Å²) in [6.07, 6.45) is 3.89. The van der Waals surface area contributed by atoms with Crippen molar-refractivity contribution < 1.29 is 38.1 Å². The fourth-order valence-electron chi connectivity index (χ4n) is 2.00. The van der Waals surface area contributed by atoms with Crippen LogP contribution in [0.15, 0.2) is 0 Å². The van der Waals surface area contributed by atoms with Crippen LogP contribution >= 0.6 is 0 Å². The van der Waals surface area contributed by atoms with E-state index >= 15 is 0 Å². The molecule has 0 rings (SSSR count). The van der Waals surface area contributed by atoms with Crippen molar-refractivity contribution in [3.63, 3.8) is 0 Å². The second-order valence-electron chi connectivity index (χ2n) is 6.15. The number of ether oxygens (including phenoxy) is 4. The van der Waals surface area contributed by atoms with Crippen LogP contribution in [0.1, 0.15) is 59.3 Å². The lowest BCUT2D eigenvalue weighted by Crippen LogP contribution is -2.66. The van der Waals surface area contributed by atoms with Gasteiger partial charge >= 0.3 is 29.4 Å². The molecule has 0 aliphatic rings. The van der Waals surface area contributed by atoms with Crippen molar-refractivity contribution in [2.24, 2.45) is 0 Å². The van der Waals surface area contributed by atoms with Gasteiger partial charge in [-0.1, -0.05) is 40.0 Å². The summed E-state index contributed by atoms with van der Waals surface area (Å²) in [5, 5.41) is 2.37. The van der Waals surface area contributed by atoms with E-state index in [4.69, 9.17) is 14.2 Å². The summed E-state index contributed by atoms with van der Waals surface area (Å²) in [6.45, 7) is 5.16. The Bertz CT molecular complexity index is 451. The Hall–Kier alpha value is -2.16. The van der Waals surface area contributed by atoms with Crippen LogP contribution in [0.4, 0.5) is 0 Å². The number of nitrogens with one attached hydrogen (secondary N) is 1. The Morgan fingerprint density at radius 3 is 1.36 bits per heavy atom. The zero-order valence-electron chi connectivity index (χ0n) is 17.3. The first-order chi connectivity index (χ1) is 13.4. The second kappa shape index (κ2) is 14.8.